The molecule has 1 aliphatic rings. The Balaban J connectivity index is 1.61. The van der Waals surface area contributed by atoms with E-state index in [1.165, 1.54) is 12.1 Å². The highest BCUT2D eigenvalue weighted by atomic mass is 35.5. The summed E-state index contributed by atoms with van der Waals surface area (Å²) in [7, 11) is 0. The van der Waals surface area contributed by atoms with E-state index in [1.807, 2.05) is 12.1 Å². The highest BCUT2D eigenvalue weighted by molar-refractivity contribution is 6.33. The standard InChI is InChI=1S/C18H17ClFN3O/c19-16-9-13(22)2-4-18(16)23-7-5-14(6-8-23)24-15-3-1-12(11-21)17(20)10-15/h1-4,9-10,14H,5-8,22H2. The zero-order valence-electron chi connectivity index (χ0n) is 13.0. The quantitative estimate of drug-likeness (QED) is 0.855. The van der Waals surface area contributed by atoms with Crippen LogP contribution < -0.4 is 15.4 Å². The maximum Gasteiger partial charge on any atom is 0.144 e. The van der Waals surface area contributed by atoms with Crippen LogP contribution in [-0.4, -0.2) is 19.2 Å². The fourth-order valence-corrected chi connectivity index (χ4v) is 3.15. The zero-order chi connectivity index (χ0) is 17.1. The third-order valence-corrected chi connectivity index (χ3v) is 4.42. The number of hydrogen-bond donors (Lipinski definition) is 1. The van der Waals surface area contributed by atoms with Gasteiger partial charge in [0.15, 0.2) is 0 Å². The summed E-state index contributed by atoms with van der Waals surface area (Å²) in [5, 5.41) is 9.39. The molecule has 0 spiro atoms. The van der Waals surface area contributed by atoms with Crippen LogP contribution in [0.5, 0.6) is 5.75 Å². The van der Waals surface area contributed by atoms with Gasteiger partial charge < -0.3 is 15.4 Å². The van der Waals surface area contributed by atoms with E-state index >= 15 is 0 Å². The molecule has 2 N–H and O–H groups in total. The summed E-state index contributed by atoms with van der Waals surface area (Å²) in [5.74, 6) is -0.100. The van der Waals surface area contributed by atoms with Crippen LogP contribution in [-0.2, 0) is 0 Å². The van der Waals surface area contributed by atoms with Crippen LogP contribution in [0.1, 0.15) is 18.4 Å². The molecule has 2 aromatic carbocycles. The monoisotopic (exact) mass is 345 g/mol. The number of anilines is 2. The Morgan fingerprint density at radius 3 is 2.58 bits per heavy atom. The summed E-state index contributed by atoms with van der Waals surface area (Å²) in [5.41, 5.74) is 7.36. The SMILES string of the molecule is N#Cc1ccc(OC2CCN(c3ccc(N)cc3Cl)CC2)cc1F. The molecule has 0 saturated carbocycles. The van der Waals surface area contributed by atoms with Crippen molar-refractivity contribution >= 4 is 23.0 Å². The molecule has 0 aliphatic carbocycles. The van der Waals surface area contributed by atoms with Crippen LogP contribution >= 0.6 is 11.6 Å². The van der Waals surface area contributed by atoms with E-state index in [-0.39, 0.29) is 11.7 Å². The predicted molar refractivity (Wildman–Crippen MR) is 92.8 cm³/mol. The molecule has 0 amide bonds. The molecule has 0 aromatic heterocycles. The summed E-state index contributed by atoms with van der Waals surface area (Å²) in [4.78, 5) is 2.20. The predicted octanol–water partition coefficient (Wildman–Crippen LogP) is 3.98. The van der Waals surface area contributed by atoms with Gasteiger partial charge in [-0.3, -0.25) is 0 Å². The minimum absolute atomic E-state index is 0.0149. The number of ether oxygens (including phenoxy) is 1. The smallest absolute Gasteiger partial charge is 0.144 e. The molecule has 1 fully saturated rings. The van der Waals surface area contributed by atoms with Gasteiger partial charge in [0.25, 0.3) is 0 Å². The topological polar surface area (TPSA) is 62.3 Å². The van der Waals surface area contributed by atoms with Gasteiger partial charge in [-0.05, 0) is 30.3 Å². The Labute approximate surface area is 145 Å². The fraction of sp³-hybridized carbons (Fsp3) is 0.278. The van der Waals surface area contributed by atoms with Crippen molar-refractivity contribution in [3.05, 3.63) is 52.8 Å². The van der Waals surface area contributed by atoms with E-state index in [4.69, 9.17) is 27.3 Å². The van der Waals surface area contributed by atoms with Crippen molar-refractivity contribution in [3.8, 4) is 11.8 Å². The van der Waals surface area contributed by atoms with E-state index in [1.54, 1.807) is 18.2 Å². The zero-order valence-corrected chi connectivity index (χ0v) is 13.8. The van der Waals surface area contributed by atoms with Crippen LogP contribution in [0.3, 0.4) is 0 Å². The Morgan fingerprint density at radius 2 is 1.96 bits per heavy atom. The van der Waals surface area contributed by atoms with Crippen LogP contribution in [0, 0.1) is 17.1 Å². The number of benzene rings is 2. The second-order valence-electron chi connectivity index (χ2n) is 5.77. The number of nitrogens with two attached hydrogens (primary N) is 1. The van der Waals surface area contributed by atoms with Crippen LogP contribution in [0.4, 0.5) is 15.8 Å². The molecule has 124 valence electrons. The molecule has 3 rings (SSSR count). The first-order valence-corrected chi connectivity index (χ1v) is 8.11. The molecule has 0 atom stereocenters. The van der Waals surface area contributed by atoms with Crippen molar-refractivity contribution in [2.24, 2.45) is 0 Å². The summed E-state index contributed by atoms with van der Waals surface area (Å²) in [6, 6.07) is 11.6. The van der Waals surface area contributed by atoms with Crippen molar-refractivity contribution < 1.29 is 9.13 Å². The molecule has 4 nitrogen and oxygen atoms in total. The van der Waals surface area contributed by atoms with Crippen molar-refractivity contribution in [2.45, 2.75) is 18.9 Å². The minimum Gasteiger partial charge on any atom is -0.490 e. The Hall–Kier alpha value is -2.45. The molecule has 0 unspecified atom stereocenters. The number of nitrogen functional groups attached to an aromatic ring is 1. The second kappa shape index (κ2) is 6.98. The van der Waals surface area contributed by atoms with Gasteiger partial charge >= 0.3 is 0 Å². The lowest BCUT2D eigenvalue weighted by Crippen LogP contribution is -2.38. The van der Waals surface area contributed by atoms with Gasteiger partial charge in [0.05, 0.1) is 16.3 Å². The first-order chi connectivity index (χ1) is 11.6. The Morgan fingerprint density at radius 1 is 1.21 bits per heavy atom. The fourth-order valence-electron chi connectivity index (χ4n) is 2.85. The summed E-state index contributed by atoms with van der Waals surface area (Å²) in [6.07, 6.45) is 1.63. The first kappa shape index (κ1) is 16.4. The van der Waals surface area contributed by atoms with E-state index in [0.717, 1.165) is 31.6 Å². The minimum atomic E-state index is -0.555. The lowest BCUT2D eigenvalue weighted by Gasteiger charge is -2.34. The van der Waals surface area contributed by atoms with E-state index in [9.17, 15) is 4.39 Å². The molecule has 1 heterocycles. The Bertz CT molecular complexity index is 782. The molecular formula is C18H17ClFN3O. The normalized spacial score (nSPS) is 15.1. The average molecular weight is 346 g/mol. The molecule has 1 aliphatic heterocycles. The van der Waals surface area contributed by atoms with Gasteiger partial charge in [0.2, 0.25) is 0 Å². The lowest BCUT2D eigenvalue weighted by molar-refractivity contribution is 0.170. The van der Waals surface area contributed by atoms with Gasteiger partial charge in [-0.25, -0.2) is 4.39 Å². The third kappa shape index (κ3) is 3.55. The molecule has 0 radical (unpaired) electrons. The van der Waals surface area contributed by atoms with Crippen molar-refractivity contribution in [1.82, 2.24) is 0 Å². The van der Waals surface area contributed by atoms with Crippen molar-refractivity contribution in [2.75, 3.05) is 23.7 Å². The first-order valence-electron chi connectivity index (χ1n) is 7.73. The Kier molecular flexibility index (Phi) is 4.77. The summed E-state index contributed by atoms with van der Waals surface area (Å²) in [6.45, 7) is 1.60. The number of rotatable bonds is 3. The van der Waals surface area contributed by atoms with Gasteiger partial charge in [0, 0.05) is 37.7 Å². The number of nitrogens with zero attached hydrogens (tertiary/aromatic N) is 2. The van der Waals surface area contributed by atoms with Crippen LogP contribution in [0.25, 0.3) is 0 Å². The van der Waals surface area contributed by atoms with Crippen molar-refractivity contribution in [1.29, 1.82) is 5.26 Å². The maximum absolute atomic E-state index is 13.6. The maximum atomic E-state index is 13.6. The van der Waals surface area contributed by atoms with E-state index in [0.29, 0.717) is 16.5 Å². The summed E-state index contributed by atoms with van der Waals surface area (Å²) >= 11 is 6.25. The van der Waals surface area contributed by atoms with Gasteiger partial charge in [-0.1, -0.05) is 11.6 Å². The highest BCUT2D eigenvalue weighted by Crippen LogP contribution is 2.31. The van der Waals surface area contributed by atoms with Gasteiger partial charge in [-0.15, -0.1) is 0 Å². The highest BCUT2D eigenvalue weighted by Gasteiger charge is 2.22. The van der Waals surface area contributed by atoms with Gasteiger partial charge in [-0.2, -0.15) is 5.26 Å². The molecular weight excluding hydrogens is 329 g/mol. The summed E-state index contributed by atoms with van der Waals surface area (Å²) < 4.78 is 19.5. The van der Waals surface area contributed by atoms with Crippen LogP contribution in [0.15, 0.2) is 36.4 Å². The molecule has 1 saturated heterocycles. The average Bonchev–Trinajstić information content (AvgIpc) is 2.56. The number of hydrogen-bond acceptors (Lipinski definition) is 4. The molecule has 0 bridgehead atoms. The van der Waals surface area contributed by atoms with E-state index in [2.05, 4.69) is 4.90 Å². The van der Waals surface area contributed by atoms with Crippen molar-refractivity contribution in [3.63, 3.8) is 0 Å². The largest absolute Gasteiger partial charge is 0.490 e. The van der Waals surface area contributed by atoms with E-state index < -0.39 is 5.82 Å². The number of nitriles is 1. The third-order valence-electron chi connectivity index (χ3n) is 4.12. The molecule has 24 heavy (non-hydrogen) atoms. The number of halogens is 2. The van der Waals surface area contributed by atoms with Crippen LogP contribution in [0.2, 0.25) is 5.02 Å². The molecule has 2 aromatic rings. The number of piperidine rings is 1. The van der Waals surface area contributed by atoms with Gasteiger partial charge in [0.1, 0.15) is 23.7 Å². The molecule has 6 heteroatoms. The second-order valence-corrected chi connectivity index (χ2v) is 6.18. The lowest BCUT2D eigenvalue weighted by atomic mass is 10.1.